The fourth-order valence-electron chi connectivity index (χ4n) is 2.60. The summed E-state index contributed by atoms with van der Waals surface area (Å²) in [5, 5.41) is 8.55. The first kappa shape index (κ1) is 21.4. The molecule has 2 aromatic carbocycles. The van der Waals surface area contributed by atoms with E-state index in [0.717, 1.165) is 10.5 Å². The fourth-order valence-corrected chi connectivity index (χ4v) is 4.27. The van der Waals surface area contributed by atoms with Gasteiger partial charge in [0.1, 0.15) is 0 Å². The van der Waals surface area contributed by atoms with Crippen LogP contribution >= 0.6 is 34.7 Å². The third-order valence-electron chi connectivity index (χ3n) is 4.00. The van der Waals surface area contributed by atoms with Crippen LogP contribution in [0.4, 0.5) is 10.8 Å². The topological polar surface area (TPSA) is 71.1 Å². The van der Waals surface area contributed by atoms with Gasteiger partial charge in [0.25, 0.3) is 0 Å². The number of nitrogens with one attached hydrogen (secondary N) is 2. The van der Waals surface area contributed by atoms with E-state index >= 15 is 0 Å². The van der Waals surface area contributed by atoms with Gasteiger partial charge in [-0.2, -0.15) is 0 Å². The molecule has 0 fully saturated rings. The highest BCUT2D eigenvalue weighted by molar-refractivity contribution is 8.00. The minimum atomic E-state index is -0.251. The van der Waals surface area contributed by atoms with Crippen molar-refractivity contribution in [2.45, 2.75) is 29.9 Å². The second-order valence-electron chi connectivity index (χ2n) is 6.22. The molecule has 1 heterocycles. The largest absolute Gasteiger partial charge is 0.326 e. The number of amides is 2. The second-order valence-corrected chi connectivity index (χ2v) is 8.83. The number of rotatable bonds is 8. The summed E-state index contributed by atoms with van der Waals surface area (Å²) in [6, 6.07) is 14.7. The molecule has 1 aromatic heterocycles. The number of carbonyl (C=O) groups excluding carboxylic acids is 2. The SMILES string of the molecule is CCC(Sc1cccc(NC(=O)Cc2ccc(Cl)cc2)c1)C(=O)Nc1nccs1. The molecule has 8 heteroatoms. The lowest BCUT2D eigenvalue weighted by Gasteiger charge is -2.14. The van der Waals surface area contributed by atoms with Gasteiger partial charge >= 0.3 is 0 Å². The van der Waals surface area contributed by atoms with Crippen molar-refractivity contribution in [3.05, 3.63) is 70.7 Å². The van der Waals surface area contributed by atoms with E-state index in [9.17, 15) is 9.59 Å². The van der Waals surface area contributed by atoms with E-state index in [1.54, 1.807) is 18.3 Å². The molecule has 5 nitrogen and oxygen atoms in total. The van der Waals surface area contributed by atoms with Crippen LogP contribution in [0, 0.1) is 0 Å². The molecule has 1 atom stereocenters. The first-order valence-corrected chi connectivity index (χ1v) is 11.2. The van der Waals surface area contributed by atoms with Crippen molar-refractivity contribution >= 4 is 57.3 Å². The average Bonchev–Trinajstić information content (AvgIpc) is 3.21. The van der Waals surface area contributed by atoms with Crippen molar-refractivity contribution in [1.82, 2.24) is 4.98 Å². The lowest BCUT2D eigenvalue weighted by atomic mass is 10.1. The van der Waals surface area contributed by atoms with Gasteiger partial charge < -0.3 is 10.6 Å². The van der Waals surface area contributed by atoms with Crippen molar-refractivity contribution in [3.8, 4) is 0 Å². The summed E-state index contributed by atoms with van der Waals surface area (Å²) in [6.07, 6.45) is 2.60. The van der Waals surface area contributed by atoms with E-state index in [4.69, 9.17) is 11.6 Å². The standard InChI is InChI=1S/C21H20ClN3O2S2/c1-2-18(20(27)25-21-23-10-11-28-21)29-17-5-3-4-16(13-17)24-19(26)12-14-6-8-15(22)9-7-14/h3-11,13,18H,2,12H2,1H3,(H,24,26)(H,23,25,27). The van der Waals surface area contributed by atoms with Crippen LogP contribution in [0.25, 0.3) is 0 Å². The fraction of sp³-hybridized carbons (Fsp3) is 0.190. The van der Waals surface area contributed by atoms with Gasteiger partial charge in [-0.1, -0.05) is 36.7 Å². The Morgan fingerprint density at radius 1 is 1.17 bits per heavy atom. The number of hydrogen-bond acceptors (Lipinski definition) is 5. The third-order valence-corrected chi connectivity index (χ3v) is 6.30. The zero-order chi connectivity index (χ0) is 20.6. The van der Waals surface area contributed by atoms with E-state index in [1.165, 1.54) is 23.1 Å². The maximum atomic E-state index is 12.5. The molecule has 2 N–H and O–H groups in total. The zero-order valence-electron chi connectivity index (χ0n) is 15.7. The quantitative estimate of drug-likeness (QED) is 0.450. The molecule has 1 unspecified atom stereocenters. The summed E-state index contributed by atoms with van der Waals surface area (Å²) < 4.78 is 0. The number of aromatic nitrogens is 1. The van der Waals surface area contributed by atoms with Gasteiger partial charge in [0.2, 0.25) is 11.8 Å². The molecule has 0 aliphatic heterocycles. The third kappa shape index (κ3) is 6.59. The van der Waals surface area contributed by atoms with E-state index in [0.29, 0.717) is 22.3 Å². The summed E-state index contributed by atoms with van der Waals surface area (Å²) in [4.78, 5) is 29.8. The molecule has 0 aliphatic rings. The highest BCUT2D eigenvalue weighted by Gasteiger charge is 2.19. The maximum absolute atomic E-state index is 12.5. The van der Waals surface area contributed by atoms with Crippen LogP contribution in [0.2, 0.25) is 5.02 Å². The summed E-state index contributed by atoms with van der Waals surface area (Å²) in [5.41, 5.74) is 1.59. The molecule has 3 aromatic rings. The Hall–Kier alpha value is -2.35. The van der Waals surface area contributed by atoms with E-state index < -0.39 is 0 Å². The lowest BCUT2D eigenvalue weighted by molar-refractivity contribution is -0.116. The minimum absolute atomic E-state index is 0.0790. The number of benzene rings is 2. The van der Waals surface area contributed by atoms with Crippen molar-refractivity contribution < 1.29 is 9.59 Å². The predicted molar refractivity (Wildman–Crippen MR) is 121 cm³/mol. The Labute approximate surface area is 182 Å². The normalized spacial score (nSPS) is 11.7. The van der Waals surface area contributed by atoms with Crippen molar-refractivity contribution in [2.75, 3.05) is 10.6 Å². The first-order valence-electron chi connectivity index (χ1n) is 9.05. The van der Waals surface area contributed by atoms with Crippen molar-refractivity contribution in [2.24, 2.45) is 0 Å². The van der Waals surface area contributed by atoms with Crippen LogP contribution in [0.3, 0.4) is 0 Å². The molecule has 0 bridgehead atoms. The monoisotopic (exact) mass is 445 g/mol. The van der Waals surface area contributed by atoms with Gasteiger partial charge in [0, 0.05) is 27.2 Å². The van der Waals surface area contributed by atoms with Crippen molar-refractivity contribution in [3.63, 3.8) is 0 Å². The highest BCUT2D eigenvalue weighted by atomic mass is 35.5. The Kier molecular flexibility index (Phi) is 7.69. The van der Waals surface area contributed by atoms with Crippen LogP contribution in [0.15, 0.2) is 65.0 Å². The van der Waals surface area contributed by atoms with Crippen molar-refractivity contribution in [1.29, 1.82) is 0 Å². The van der Waals surface area contributed by atoms with Crippen LogP contribution < -0.4 is 10.6 Å². The zero-order valence-corrected chi connectivity index (χ0v) is 18.1. The molecule has 2 amide bonds. The molecule has 0 aliphatic carbocycles. The molecule has 0 saturated heterocycles. The average molecular weight is 446 g/mol. The highest BCUT2D eigenvalue weighted by Crippen LogP contribution is 2.29. The molecule has 0 spiro atoms. The summed E-state index contributed by atoms with van der Waals surface area (Å²) in [5.74, 6) is -0.187. The Bertz CT molecular complexity index is 962. The van der Waals surface area contributed by atoms with Crippen LogP contribution in [0.1, 0.15) is 18.9 Å². The van der Waals surface area contributed by atoms with E-state index in [1.807, 2.05) is 48.7 Å². The van der Waals surface area contributed by atoms with Gasteiger partial charge in [-0.15, -0.1) is 23.1 Å². The van der Waals surface area contributed by atoms with Gasteiger partial charge in [-0.25, -0.2) is 4.98 Å². The molecular formula is C21H20ClN3O2S2. The summed E-state index contributed by atoms with van der Waals surface area (Å²) >= 11 is 8.73. The van der Waals surface area contributed by atoms with E-state index in [-0.39, 0.29) is 23.5 Å². The molecule has 3 rings (SSSR count). The smallest absolute Gasteiger partial charge is 0.239 e. The number of halogens is 1. The molecule has 150 valence electrons. The minimum Gasteiger partial charge on any atom is -0.326 e. The summed E-state index contributed by atoms with van der Waals surface area (Å²) in [7, 11) is 0. The number of thiazole rings is 1. The van der Waals surface area contributed by atoms with Gasteiger partial charge in [-0.3, -0.25) is 9.59 Å². The number of anilines is 2. The van der Waals surface area contributed by atoms with Crippen LogP contribution in [-0.4, -0.2) is 22.0 Å². The predicted octanol–water partition coefficient (Wildman–Crippen LogP) is 5.49. The molecule has 0 saturated carbocycles. The number of carbonyl (C=O) groups is 2. The second kappa shape index (κ2) is 10.4. The van der Waals surface area contributed by atoms with Crippen LogP contribution in [0.5, 0.6) is 0 Å². The van der Waals surface area contributed by atoms with Gasteiger partial charge in [0.15, 0.2) is 5.13 Å². The maximum Gasteiger partial charge on any atom is 0.239 e. The number of nitrogens with zero attached hydrogens (tertiary/aromatic N) is 1. The van der Waals surface area contributed by atoms with Gasteiger partial charge in [0.05, 0.1) is 11.7 Å². The first-order chi connectivity index (χ1) is 14.0. The molecule has 0 radical (unpaired) electrons. The Morgan fingerprint density at radius 3 is 2.66 bits per heavy atom. The van der Waals surface area contributed by atoms with Crippen LogP contribution in [-0.2, 0) is 16.0 Å². The molecule has 29 heavy (non-hydrogen) atoms. The summed E-state index contributed by atoms with van der Waals surface area (Å²) in [6.45, 7) is 1.97. The number of thioether (sulfide) groups is 1. The van der Waals surface area contributed by atoms with E-state index in [2.05, 4.69) is 15.6 Å². The Balaban J connectivity index is 1.59. The lowest BCUT2D eigenvalue weighted by Crippen LogP contribution is -2.24. The van der Waals surface area contributed by atoms with Gasteiger partial charge in [-0.05, 0) is 42.3 Å². The molecular weight excluding hydrogens is 426 g/mol. The number of hydrogen-bond donors (Lipinski definition) is 2. The Morgan fingerprint density at radius 2 is 1.97 bits per heavy atom.